The van der Waals surface area contributed by atoms with Crippen LogP contribution in [0.1, 0.15) is 11.3 Å². The summed E-state index contributed by atoms with van der Waals surface area (Å²) in [4.78, 5) is 22.2. The zero-order valence-corrected chi connectivity index (χ0v) is 16.4. The Morgan fingerprint density at radius 1 is 1.04 bits per heavy atom. The summed E-state index contributed by atoms with van der Waals surface area (Å²) in [6, 6.07) is 7.30. The fourth-order valence-corrected chi connectivity index (χ4v) is 4.40. The number of benzene rings is 1. The number of aromatic nitrogens is 2. The molecule has 1 aliphatic rings. The van der Waals surface area contributed by atoms with E-state index in [4.69, 9.17) is 23.2 Å². The van der Waals surface area contributed by atoms with Crippen molar-refractivity contribution in [1.29, 1.82) is 0 Å². The van der Waals surface area contributed by atoms with Crippen molar-refractivity contribution in [3.63, 3.8) is 0 Å². The van der Waals surface area contributed by atoms with E-state index in [1.807, 2.05) is 17.5 Å². The molecule has 2 aromatic heterocycles. The molecule has 1 fully saturated rings. The summed E-state index contributed by atoms with van der Waals surface area (Å²) in [7, 11) is 0. The first-order valence-corrected chi connectivity index (χ1v) is 10.1. The summed E-state index contributed by atoms with van der Waals surface area (Å²) < 4.78 is 1.59. The molecule has 3 aromatic rings. The van der Waals surface area contributed by atoms with Crippen molar-refractivity contribution in [3.05, 3.63) is 67.5 Å². The Balaban J connectivity index is 1.36. The van der Waals surface area contributed by atoms with Gasteiger partial charge in [0.05, 0.1) is 5.69 Å². The fraction of sp³-hybridized carbons (Fsp3) is 0.333. The minimum absolute atomic E-state index is 0.0118. The van der Waals surface area contributed by atoms with Gasteiger partial charge < -0.3 is 0 Å². The van der Waals surface area contributed by atoms with Gasteiger partial charge in [0.1, 0.15) is 0 Å². The topological polar surface area (TPSA) is 40.9 Å². The molecule has 0 radical (unpaired) electrons. The third kappa shape index (κ3) is 3.94. The van der Waals surface area contributed by atoms with Gasteiger partial charge in [0, 0.05) is 67.0 Å². The van der Waals surface area contributed by atoms with E-state index in [1.165, 1.54) is 11.3 Å². The van der Waals surface area contributed by atoms with Crippen LogP contribution in [0.2, 0.25) is 10.0 Å². The molecule has 0 bridgehead atoms. The van der Waals surface area contributed by atoms with Crippen LogP contribution >= 0.6 is 34.5 Å². The first kappa shape index (κ1) is 17.9. The molecule has 1 aromatic carbocycles. The van der Waals surface area contributed by atoms with Crippen LogP contribution in [0.25, 0.3) is 4.96 Å². The van der Waals surface area contributed by atoms with Crippen molar-refractivity contribution in [2.75, 3.05) is 26.2 Å². The Bertz CT molecular complexity index is 979. The maximum atomic E-state index is 12.1. The molecule has 0 amide bonds. The molecule has 0 aliphatic carbocycles. The fourth-order valence-electron chi connectivity index (χ4n) is 3.19. The Hall–Kier alpha value is -1.44. The van der Waals surface area contributed by atoms with Crippen LogP contribution in [0.15, 0.2) is 40.6 Å². The van der Waals surface area contributed by atoms with Gasteiger partial charge in [0.15, 0.2) is 4.96 Å². The number of hydrogen-bond acceptors (Lipinski definition) is 5. The van der Waals surface area contributed by atoms with Crippen molar-refractivity contribution < 1.29 is 0 Å². The van der Waals surface area contributed by atoms with Crippen molar-refractivity contribution >= 4 is 39.5 Å². The number of halogens is 2. The molecule has 26 heavy (non-hydrogen) atoms. The molecule has 0 atom stereocenters. The smallest absolute Gasteiger partial charge is 0.258 e. The number of rotatable bonds is 4. The zero-order valence-electron chi connectivity index (χ0n) is 14.1. The van der Waals surface area contributed by atoms with E-state index in [-0.39, 0.29) is 5.56 Å². The van der Waals surface area contributed by atoms with Crippen LogP contribution < -0.4 is 5.56 Å². The second-order valence-corrected chi connectivity index (χ2v) is 8.15. The molecule has 136 valence electrons. The normalized spacial score (nSPS) is 16.4. The number of piperazine rings is 1. The predicted molar refractivity (Wildman–Crippen MR) is 106 cm³/mol. The Labute approximate surface area is 165 Å². The third-order valence-electron chi connectivity index (χ3n) is 4.62. The highest BCUT2D eigenvalue weighted by molar-refractivity contribution is 7.15. The van der Waals surface area contributed by atoms with E-state index in [0.29, 0.717) is 16.6 Å². The molecule has 3 heterocycles. The molecule has 5 nitrogen and oxygen atoms in total. The van der Waals surface area contributed by atoms with Gasteiger partial charge in [-0.25, -0.2) is 4.98 Å². The summed E-state index contributed by atoms with van der Waals surface area (Å²) in [5.74, 6) is 0. The molecule has 1 saturated heterocycles. The average Bonchev–Trinajstić information content (AvgIpc) is 3.08. The highest BCUT2D eigenvalue weighted by Gasteiger charge is 2.19. The van der Waals surface area contributed by atoms with Gasteiger partial charge in [0.25, 0.3) is 5.56 Å². The van der Waals surface area contributed by atoms with Crippen LogP contribution in [0.3, 0.4) is 0 Å². The Morgan fingerprint density at radius 2 is 1.77 bits per heavy atom. The lowest BCUT2D eigenvalue weighted by atomic mass is 10.2. The lowest BCUT2D eigenvalue weighted by Crippen LogP contribution is -2.45. The first-order chi connectivity index (χ1) is 12.6. The van der Waals surface area contributed by atoms with Crippen LogP contribution in [0.4, 0.5) is 0 Å². The summed E-state index contributed by atoms with van der Waals surface area (Å²) in [6.07, 6.45) is 1.76. The van der Waals surface area contributed by atoms with Gasteiger partial charge >= 0.3 is 0 Å². The maximum absolute atomic E-state index is 12.1. The highest BCUT2D eigenvalue weighted by Crippen LogP contribution is 2.23. The van der Waals surface area contributed by atoms with E-state index in [1.54, 1.807) is 22.7 Å². The summed E-state index contributed by atoms with van der Waals surface area (Å²) >= 11 is 13.7. The Kier molecular flexibility index (Phi) is 5.29. The second-order valence-electron chi connectivity index (χ2n) is 6.43. The van der Waals surface area contributed by atoms with E-state index in [2.05, 4.69) is 14.8 Å². The average molecular weight is 409 g/mol. The lowest BCUT2D eigenvalue weighted by molar-refractivity contribution is 0.121. The van der Waals surface area contributed by atoms with Crippen molar-refractivity contribution in [1.82, 2.24) is 19.2 Å². The Morgan fingerprint density at radius 3 is 2.50 bits per heavy atom. The van der Waals surface area contributed by atoms with E-state index in [0.717, 1.165) is 48.9 Å². The molecular weight excluding hydrogens is 391 g/mol. The number of fused-ring (bicyclic) bond motifs is 1. The van der Waals surface area contributed by atoms with Crippen LogP contribution in [-0.2, 0) is 13.1 Å². The van der Waals surface area contributed by atoms with E-state index < -0.39 is 0 Å². The molecule has 0 unspecified atom stereocenters. The quantitative estimate of drug-likeness (QED) is 0.663. The van der Waals surface area contributed by atoms with E-state index in [9.17, 15) is 4.79 Å². The van der Waals surface area contributed by atoms with E-state index >= 15 is 0 Å². The molecule has 4 rings (SSSR count). The number of hydrogen-bond donors (Lipinski definition) is 0. The molecule has 1 aliphatic heterocycles. The minimum atomic E-state index is -0.0118. The highest BCUT2D eigenvalue weighted by atomic mass is 35.5. The molecular formula is C18H18Cl2N4OS. The van der Waals surface area contributed by atoms with Gasteiger partial charge in [0.2, 0.25) is 0 Å². The molecule has 0 saturated carbocycles. The lowest BCUT2D eigenvalue weighted by Gasteiger charge is -2.34. The van der Waals surface area contributed by atoms with Gasteiger partial charge in [-0.15, -0.1) is 11.3 Å². The zero-order chi connectivity index (χ0) is 18.1. The van der Waals surface area contributed by atoms with Gasteiger partial charge in [-0.2, -0.15) is 0 Å². The van der Waals surface area contributed by atoms with Crippen LogP contribution in [0, 0.1) is 0 Å². The monoisotopic (exact) mass is 408 g/mol. The predicted octanol–water partition coefficient (Wildman–Crippen LogP) is 3.38. The largest absolute Gasteiger partial charge is 0.296 e. The minimum Gasteiger partial charge on any atom is -0.296 e. The molecule has 8 heteroatoms. The summed E-state index contributed by atoms with van der Waals surface area (Å²) in [5, 5.41) is 3.26. The van der Waals surface area contributed by atoms with Gasteiger partial charge in [-0.3, -0.25) is 19.0 Å². The molecule has 0 N–H and O–H groups in total. The van der Waals surface area contributed by atoms with Gasteiger partial charge in [-0.05, 0) is 17.7 Å². The van der Waals surface area contributed by atoms with Crippen LogP contribution in [-0.4, -0.2) is 45.4 Å². The summed E-state index contributed by atoms with van der Waals surface area (Å²) in [6.45, 7) is 5.33. The standard InChI is InChI=1S/C18H18Cl2N4OS/c19-14-2-1-13(16(20)9-14)11-22-3-5-23(6-4-22)12-15-10-17(25)24-7-8-26-18(24)21-15/h1-2,7-10H,3-6,11-12H2. The first-order valence-electron chi connectivity index (χ1n) is 8.43. The van der Waals surface area contributed by atoms with Crippen molar-refractivity contribution in [3.8, 4) is 0 Å². The maximum Gasteiger partial charge on any atom is 0.258 e. The second kappa shape index (κ2) is 7.66. The SMILES string of the molecule is O=c1cc(CN2CCN(Cc3ccc(Cl)cc3Cl)CC2)nc2sccn12. The van der Waals surface area contributed by atoms with Crippen LogP contribution in [0.5, 0.6) is 0 Å². The molecule has 0 spiro atoms. The van der Waals surface area contributed by atoms with Crippen molar-refractivity contribution in [2.24, 2.45) is 0 Å². The van der Waals surface area contributed by atoms with Crippen molar-refractivity contribution in [2.45, 2.75) is 13.1 Å². The third-order valence-corrected chi connectivity index (χ3v) is 5.96. The number of nitrogens with zero attached hydrogens (tertiary/aromatic N) is 4. The summed E-state index contributed by atoms with van der Waals surface area (Å²) in [5.41, 5.74) is 1.93. The number of thiazole rings is 1. The van der Waals surface area contributed by atoms with Gasteiger partial charge in [-0.1, -0.05) is 29.3 Å².